The molecule has 1 aromatic carbocycles. The number of carbonyl (C=O) groups excluding carboxylic acids is 1. The van der Waals surface area contributed by atoms with Gasteiger partial charge in [0.15, 0.2) is 0 Å². The lowest BCUT2D eigenvalue weighted by atomic mass is 9.96. The maximum atomic E-state index is 12.7. The molecule has 1 aliphatic heterocycles. The van der Waals surface area contributed by atoms with Crippen molar-refractivity contribution < 1.29 is 4.79 Å². The molecule has 2 aromatic rings. The first kappa shape index (κ1) is 16.6. The molecule has 4 nitrogen and oxygen atoms in total. The first-order valence-electron chi connectivity index (χ1n) is 10.0. The molecule has 1 aliphatic carbocycles. The van der Waals surface area contributed by atoms with Crippen LogP contribution in [-0.2, 0) is 13.0 Å². The molecular weight excluding hydrogens is 310 g/mol. The normalized spacial score (nSPS) is 22.2. The summed E-state index contributed by atoms with van der Waals surface area (Å²) < 4.78 is 2.33. The molecule has 0 saturated heterocycles. The minimum absolute atomic E-state index is 0.0619. The van der Waals surface area contributed by atoms with E-state index in [1.165, 1.54) is 49.9 Å². The third-order valence-corrected chi connectivity index (χ3v) is 5.91. The summed E-state index contributed by atoms with van der Waals surface area (Å²) >= 11 is 0. The number of amides is 1. The maximum Gasteiger partial charge on any atom is 0.251 e. The molecule has 0 bridgehead atoms. The molecule has 2 heterocycles. The zero-order chi connectivity index (χ0) is 17.2. The van der Waals surface area contributed by atoms with Crippen molar-refractivity contribution in [1.82, 2.24) is 14.9 Å². The number of nitrogens with one attached hydrogen (secondary N) is 1. The van der Waals surface area contributed by atoms with Gasteiger partial charge in [-0.15, -0.1) is 0 Å². The van der Waals surface area contributed by atoms with E-state index in [1.807, 2.05) is 12.1 Å². The SMILES string of the molecule is C[C@@H]1CCn2c(nc3cc(C(=O)NC4CCCCCCC4)ccc32)C1. The molecule has 2 aliphatic rings. The summed E-state index contributed by atoms with van der Waals surface area (Å²) in [5.74, 6) is 1.93. The Bertz CT molecular complexity index is 756. The number of fused-ring (bicyclic) bond motifs is 3. The molecule has 134 valence electrons. The van der Waals surface area contributed by atoms with Crippen molar-refractivity contribution in [2.24, 2.45) is 5.92 Å². The molecule has 0 spiro atoms. The number of rotatable bonds is 2. The second-order valence-electron chi connectivity index (χ2n) is 8.00. The van der Waals surface area contributed by atoms with Gasteiger partial charge in [-0.1, -0.05) is 39.0 Å². The van der Waals surface area contributed by atoms with Crippen LogP contribution in [0.15, 0.2) is 18.2 Å². The Balaban J connectivity index is 1.51. The van der Waals surface area contributed by atoms with Crippen LogP contribution in [0.3, 0.4) is 0 Å². The second kappa shape index (κ2) is 7.19. The van der Waals surface area contributed by atoms with E-state index in [9.17, 15) is 4.79 Å². The zero-order valence-electron chi connectivity index (χ0n) is 15.3. The second-order valence-corrected chi connectivity index (χ2v) is 8.00. The number of imidazole rings is 1. The van der Waals surface area contributed by atoms with Crippen LogP contribution in [0.2, 0.25) is 0 Å². The number of benzene rings is 1. The fraction of sp³-hybridized carbons (Fsp3) is 0.619. The van der Waals surface area contributed by atoms with Crippen LogP contribution in [0, 0.1) is 5.92 Å². The molecule has 1 amide bonds. The van der Waals surface area contributed by atoms with Crippen molar-refractivity contribution in [2.45, 2.75) is 77.3 Å². The number of carbonyl (C=O) groups is 1. The average molecular weight is 339 g/mol. The highest BCUT2D eigenvalue weighted by molar-refractivity contribution is 5.97. The van der Waals surface area contributed by atoms with Crippen molar-refractivity contribution in [3.63, 3.8) is 0 Å². The molecular formula is C21H29N3O. The lowest BCUT2D eigenvalue weighted by molar-refractivity contribution is 0.0930. The minimum atomic E-state index is 0.0619. The van der Waals surface area contributed by atoms with E-state index in [2.05, 4.69) is 22.9 Å². The molecule has 4 rings (SSSR count). The molecule has 1 saturated carbocycles. The minimum Gasteiger partial charge on any atom is -0.349 e. The van der Waals surface area contributed by atoms with Gasteiger partial charge in [-0.25, -0.2) is 4.98 Å². The van der Waals surface area contributed by atoms with Gasteiger partial charge in [0, 0.05) is 24.6 Å². The lowest BCUT2D eigenvalue weighted by Crippen LogP contribution is -2.35. The molecule has 25 heavy (non-hydrogen) atoms. The van der Waals surface area contributed by atoms with E-state index in [4.69, 9.17) is 4.98 Å². The standard InChI is InChI=1S/C21H29N3O/c1-15-11-12-24-19-10-9-16(14-18(19)23-20(24)13-15)21(25)22-17-7-5-3-2-4-6-8-17/h9-10,14-15,17H,2-8,11-13H2,1H3,(H,22,25)/t15-/m1/s1. The number of hydrogen-bond donors (Lipinski definition) is 1. The van der Waals surface area contributed by atoms with E-state index in [1.54, 1.807) is 0 Å². The van der Waals surface area contributed by atoms with Crippen LogP contribution in [0.5, 0.6) is 0 Å². The van der Waals surface area contributed by atoms with Crippen LogP contribution in [0.25, 0.3) is 11.0 Å². The Morgan fingerprint density at radius 3 is 2.68 bits per heavy atom. The number of aryl methyl sites for hydroxylation is 1. The van der Waals surface area contributed by atoms with E-state index in [0.717, 1.165) is 36.9 Å². The van der Waals surface area contributed by atoms with Crippen molar-refractivity contribution in [1.29, 1.82) is 0 Å². The third kappa shape index (κ3) is 3.58. The molecule has 1 aromatic heterocycles. The first-order chi connectivity index (χ1) is 12.2. The Hall–Kier alpha value is -1.84. The summed E-state index contributed by atoms with van der Waals surface area (Å²) in [5.41, 5.74) is 2.89. The van der Waals surface area contributed by atoms with Crippen molar-refractivity contribution in [2.75, 3.05) is 0 Å². The van der Waals surface area contributed by atoms with Crippen molar-refractivity contribution in [3.05, 3.63) is 29.6 Å². The van der Waals surface area contributed by atoms with Crippen LogP contribution in [0.4, 0.5) is 0 Å². The molecule has 0 unspecified atom stereocenters. The summed E-state index contributed by atoms with van der Waals surface area (Å²) in [6, 6.07) is 6.35. The molecule has 0 radical (unpaired) electrons. The largest absolute Gasteiger partial charge is 0.349 e. The number of aromatic nitrogens is 2. The molecule has 1 atom stereocenters. The summed E-state index contributed by atoms with van der Waals surface area (Å²) in [7, 11) is 0. The highest BCUT2D eigenvalue weighted by Gasteiger charge is 2.20. The zero-order valence-corrected chi connectivity index (χ0v) is 15.3. The van der Waals surface area contributed by atoms with E-state index in [0.29, 0.717) is 12.0 Å². The Morgan fingerprint density at radius 1 is 1.12 bits per heavy atom. The first-order valence-corrected chi connectivity index (χ1v) is 10.0. The Morgan fingerprint density at radius 2 is 1.88 bits per heavy atom. The van der Waals surface area contributed by atoms with Crippen LogP contribution in [0.1, 0.15) is 74.5 Å². The van der Waals surface area contributed by atoms with Crippen LogP contribution in [-0.4, -0.2) is 21.5 Å². The van der Waals surface area contributed by atoms with Crippen molar-refractivity contribution >= 4 is 16.9 Å². The lowest BCUT2D eigenvalue weighted by Gasteiger charge is -2.21. The third-order valence-electron chi connectivity index (χ3n) is 5.91. The van der Waals surface area contributed by atoms with E-state index >= 15 is 0 Å². The highest BCUT2D eigenvalue weighted by atomic mass is 16.1. The molecule has 4 heteroatoms. The quantitative estimate of drug-likeness (QED) is 0.878. The number of nitrogens with zero attached hydrogens (tertiary/aromatic N) is 2. The monoisotopic (exact) mass is 339 g/mol. The highest BCUT2D eigenvalue weighted by Crippen LogP contribution is 2.26. The average Bonchev–Trinajstić information content (AvgIpc) is 2.93. The van der Waals surface area contributed by atoms with Gasteiger partial charge in [-0.3, -0.25) is 4.79 Å². The van der Waals surface area contributed by atoms with Crippen LogP contribution < -0.4 is 5.32 Å². The summed E-state index contributed by atoms with van der Waals surface area (Å²) in [4.78, 5) is 17.5. The van der Waals surface area contributed by atoms with Crippen molar-refractivity contribution in [3.8, 4) is 0 Å². The maximum absolute atomic E-state index is 12.7. The summed E-state index contributed by atoms with van der Waals surface area (Å²) in [5, 5.41) is 3.26. The summed E-state index contributed by atoms with van der Waals surface area (Å²) in [6.45, 7) is 3.33. The fourth-order valence-electron chi connectivity index (χ4n) is 4.36. The fourth-order valence-corrected chi connectivity index (χ4v) is 4.36. The van der Waals surface area contributed by atoms with Gasteiger partial charge in [0.2, 0.25) is 0 Å². The predicted molar refractivity (Wildman–Crippen MR) is 101 cm³/mol. The molecule has 1 fully saturated rings. The van der Waals surface area contributed by atoms with Gasteiger partial charge in [0.05, 0.1) is 11.0 Å². The smallest absolute Gasteiger partial charge is 0.251 e. The van der Waals surface area contributed by atoms with E-state index < -0.39 is 0 Å². The Kier molecular flexibility index (Phi) is 4.78. The molecule has 1 N–H and O–H groups in total. The topological polar surface area (TPSA) is 46.9 Å². The van der Waals surface area contributed by atoms with Gasteiger partial charge in [-0.05, 0) is 43.4 Å². The van der Waals surface area contributed by atoms with Gasteiger partial charge in [0.25, 0.3) is 5.91 Å². The van der Waals surface area contributed by atoms with Crippen LogP contribution >= 0.6 is 0 Å². The van der Waals surface area contributed by atoms with Gasteiger partial charge in [-0.2, -0.15) is 0 Å². The Labute approximate surface area is 150 Å². The number of hydrogen-bond acceptors (Lipinski definition) is 2. The predicted octanol–water partition coefficient (Wildman–Crippen LogP) is 4.46. The van der Waals surface area contributed by atoms with Gasteiger partial charge < -0.3 is 9.88 Å². The van der Waals surface area contributed by atoms with Gasteiger partial charge in [0.1, 0.15) is 5.82 Å². The summed E-state index contributed by atoms with van der Waals surface area (Å²) in [6.07, 6.45) is 10.9. The van der Waals surface area contributed by atoms with E-state index in [-0.39, 0.29) is 5.91 Å². The van der Waals surface area contributed by atoms with Gasteiger partial charge >= 0.3 is 0 Å².